The Labute approximate surface area is 149 Å². The fourth-order valence-corrected chi connectivity index (χ4v) is 2.92. The Bertz CT molecular complexity index is 598. The Morgan fingerprint density at radius 1 is 1.16 bits per heavy atom. The number of amides is 1. The number of rotatable bonds is 6. The Morgan fingerprint density at radius 3 is 2.52 bits per heavy atom. The van der Waals surface area contributed by atoms with E-state index in [-0.39, 0.29) is 12.5 Å². The highest BCUT2D eigenvalue weighted by Crippen LogP contribution is 2.29. The lowest BCUT2D eigenvalue weighted by Crippen LogP contribution is -2.44. The van der Waals surface area contributed by atoms with Gasteiger partial charge < -0.3 is 25.4 Å². The van der Waals surface area contributed by atoms with Gasteiger partial charge in [0.1, 0.15) is 0 Å². The summed E-state index contributed by atoms with van der Waals surface area (Å²) < 4.78 is 10.5. The molecule has 0 bridgehead atoms. The molecule has 138 valence electrons. The normalized spacial score (nSPS) is 15.4. The van der Waals surface area contributed by atoms with Crippen LogP contribution in [0.3, 0.4) is 0 Å². The molecule has 0 atom stereocenters. The van der Waals surface area contributed by atoms with Crippen molar-refractivity contribution in [3.8, 4) is 11.5 Å². The maximum atomic E-state index is 12.1. The molecule has 7 nitrogen and oxygen atoms in total. The van der Waals surface area contributed by atoms with Gasteiger partial charge >= 0.3 is 0 Å². The van der Waals surface area contributed by atoms with Gasteiger partial charge in [0, 0.05) is 24.8 Å². The maximum absolute atomic E-state index is 12.1. The molecule has 0 unspecified atom stereocenters. The zero-order chi connectivity index (χ0) is 18.1. The van der Waals surface area contributed by atoms with E-state index in [0.29, 0.717) is 23.5 Å². The van der Waals surface area contributed by atoms with Gasteiger partial charge in [-0.1, -0.05) is 19.3 Å². The number of benzene rings is 1. The third-order valence-electron chi connectivity index (χ3n) is 4.26. The minimum atomic E-state index is -0.0119. The third-order valence-corrected chi connectivity index (χ3v) is 4.26. The van der Waals surface area contributed by atoms with Crippen LogP contribution in [0.1, 0.15) is 32.1 Å². The summed E-state index contributed by atoms with van der Waals surface area (Å²) >= 11 is 0. The van der Waals surface area contributed by atoms with E-state index in [2.05, 4.69) is 20.9 Å². The summed E-state index contributed by atoms with van der Waals surface area (Å²) in [5.41, 5.74) is 0.790. The lowest BCUT2D eigenvalue weighted by Gasteiger charge is -2.23. The van der Waals surface area contributed by atoms with Crippen molar-refractivity contribution in [3.63, 3.8) is 0 Å². The molecule has 1 aromatic carbocycles. The molecule has 1 aromatic rings. The van der Waals surface area contributed by atoms with Crippen LogP contribution in [0.2, 0.25) is 0 Å². The lowest BCUT2D eigenvalue weighted by atomic mass is 9.95. The van der Waals surface area contributed by atoms with Gasteiger partial charge in [-0.25, -0.2) is 0 Å². The standard InChI is InChI=1S/C18H28N4O3/c1-19-18(20-12-17(23)21-13-7-5-4-6-8-13)22-14-9-10-15(24-2)16(11-14)25-3/h9-11,13H,4-8,12H2,1-3H3,(H,21,23)(H2,19,20,22). The predicted octanol–water partition coefficient (Wildman–Crippen LogP) is 2.14. The summed E-state index contributed by atoms with van der Waals surface area (Å²) in [5.74, 6) is 1.79. The highest BCUT2D eigenvalue weighted by Gasteiger charge is 2.15. The minimum Gasteiger partial charge on any atom is -0.493 e. The van der Waals surface area contributed by atoms with Gasteiger partial charge in [-0.05, 0) is 25.0 Å². The van der Waals surface area contributed by atoms with E-state index in [1.54, 1.807) is 21.3 Å². The summed E-state index contributed by atoms with van der Waals surface area (Å²) in [6.45, 7) is 0.184. The second-order valence-corrected chi connectivity index (χ2v) is 6.02. The number of methoxy groups -OCH3 is 2. The molecule has 0 spiro atoms. The van der Waals surface area contributed by atoms with Crippen molar-refractivity contribution in [1.82, 2.24) is 10.6 Å². The Hall–Kier alpha value is -2.44. The van der Waals surface area contributed by atoms with Crippen LogP contribution >= 0.6 is 0 Å². The molecular formula is C18H28N4O3. The van der Waals surface area contributed by atoms with Crippen LogP contribution in [-0.4, -0.2) is 45.7 Å². The average Bonchev–Trinajstić information content (AvgIpc) is 2.65. The first-order valence-corrected chi connectivity index (χ1v) is 8.65. The number of hydrogen-bond acceptors (Lipinski definition) is 4. The molecule has 7 heteroatoms. The number of carbonyl (C=O) groups excluding carboxylic acids is 1. The summed E-state index contributed by atoms with van der Waals surface area (Å²) in [6.07, 6.45) is 5.81. The lowest BCUT2D eigenvalue weighted by molar-refractivity contribution is -0.120. The summed E-state index contributed by atoms with van der Waals surface area (Å²) in [4.78, 5) is 16.2. The van der Waals surface area contributed by atoms with Crippen LogP contribution in [0.25, 0.3) is 0 Å². The largest absolute Gasteiger partial charge is 0.493 e. The van der Waals surface area contributed by atoms with Crippen molar-refractivity contribution in [2.45, 2.75) is 38.1 Å². The average molecular weight is 348 g/mol. The summed E-state index contributed by atoms with van der Waals surface area (Å²) in [7, 11) is 4.84. The molecule has 1 aliphatic carbocycles. The molecule has 25 heavy (non-hydrogen) atoms. The van der Waals surface area contributed by atoms with E-state index in [1.165, 1.54) is 19.3 Å². The molecular weight excluding hydrogens is 320 g/mol. The van der Waals surface area contributed by atoms with Gasteiger partial charge in [0.15, 0.2) is 17.5 Å². The molecule has 3 N–H and O–H groups in total. The zero-order valence-corrected chi connectivity index (χ0v) is 15.2. The summed E-state index contributed by atoms with van der Waals surface area (Å²) in [5, 5.41) is 9.24. The Balaban J connectivity index is 1.84. The van der Waals surface area contributed by atoms with Gasteiger partial charge in [-0.3, -0.25) is 9.79 Å². The van der Waals surface area contributed by atoms with E-state index in [1.807, 2.05) is 18.2 Å². The first-order valence-electron chi connectivity index (χ1n) is 8.65. The second-order valence-electron chi connectivity index (χ2n) is 6.02. The van der Waals surface area contributed by atoms with E-state index in [9.17, 15) is 4.79 Å². The topological polar surface area (TPSA) is 84.0 Å². The van der Waals surface area contributed by atoms with Gasteiger partial charge in [-0.15, -0.1) is 0 Å². The predicted molar refractivity (Wildman–Crippen MR) is 99.5 cm³/mol. The number of carbonyl (C=O) groups is 1. The van der Waals surface area contributed by atoms with Crippen molar-refractivity contribution in [2.24, 2.45) is 4.99 Å². The van der Waals surface area contributed by atoms with E-state index < -0.39 is 0 Å². The number of hydrogen-bond donors (Lipinski definition) is 3. The van der Waals surface area contributed by atoms with Crippen molar-refractivity contribution in [2.75, 3.05) is 33.1 Å². The number of guanidine groups is 1. The number of nitrogens with one attached hydrogen (secondary N) is 3. The smallest absolute Gasteiger partial charge is 0.239 e. The molecule has 0 saturated heterocycles. The van der Waals surface area contributed by atoms with Crippen LogP contribution in [0, 0.1) is 0 Å². The third kappa shape index (κ3) is 5.85. The Morgan fingerprint density at radius 2 is 1.88 bits per heavy atom. The molecule has 2 rings (SSSR count). The molecule has 1 amide bonds. The summed E-state index contributed by atoms with van der Waals surface area (Å²) in [6, 6.07) is 5.79. The van der Waals surface area contributed by atoms with Crippen molar-refractivity contribution < 1.29 is 14.3 Å². The number of anilines is 1. The molecule has 0 heterocycles. The van der Waals surface area contributed by atoms with Crippen LogP contribution in [0.4, 0.5) is 5.69 Å². The molecule has 0 radical (unpaired) electrons. The quantitative estimate of drug-likeness (QED) is 0.542. The van der Waals surface area contributed by atoms with Crippen LogP contribution in [-0.2, 0) is 4.79 Å². The fourth-order valence-electron chi connectivity index (χ4n) is 2.92. The molecule has 1 fully saturated rings. The van der Waals surface area contributed by atoms with Gasteiger partial charge in [-0.2, -0.15) is 0 Å². The Kier molecular flexibility index (Phi) is 7.37. The highest BCUT2D eigenvalue weighted by atomic mass is 16.5. The first-order chi connectivity index (χ1) is 12.2. The van der Waals surface area contributed by atoms with Gasteiger partial charge in [0.25, 0.3) is 0 Å². The zero-order valence-electron chi connectivity index (χ0n) is 15.2. The molecule has 0 aliphatic heterocycles. The van der Waals surface area contributed by atoms with Gasteiger partial charge in [0.05, 0.1) is 20.8 Å². The molecule has 1 saturated carbocycles. The minimum absolute atomic E-state index is 0.0119. The number of ether oxygens (including phenoxy) is 2. The number of aliphatic imine (C=N–C) groups is 1. The second kappa shape index (κ2) is 9.76. The van der Waals surface area contributed by atoms with Crippen LogP contribution in [0.15, 0.2) is 23.2 Å². The number of nitrogens with zero attached hydrogens (tertiary/aromatic N) is 1. The van der Waals surface area contributed by atoms with Crippen molar-refractivity contribution in [3.05, 3.63) is 18.2 Å². The first kappa shape index (κ1) is 18.9. The molecule has 0 aromatic heterocycles. The SMILES string of the molecule is CN=C(NCC(=O)NC1CCCCC1)Nc1ccc(OC)c(OC)c1. The van der Waals surface area contributed by atoms with E-state index in [4.69, 9.17) is 9.47 Å². The van der Waals surface area contributed by atoms with E-state index >= 15 is 0 Å². The van der Waals surface area contributed by atoms with Crippen LogP contribution < -0.4 is 25.4 Å². The van der Waals surface area contributed by atoms with Gasteiger partial charge in [0.2, 0.25) is 5.91 Å². The maximum Gasteiger partial charge on any atom is 0.239 e. The van der Waals surface area contributed by atoms with E-state index in [0.717, 1.165) is 18.5 Å². The molecule has 1 aliphatic rings. The fraction of sp³-hybridized carbons (Fsp3) is 0.556. The van der Waals surface area contributed by atoms with Crippen molar-refractivity contribution in [1.29, 1.82) is 0 Å². The van der Waals surface area contributed by atoms with Crippen molar-refractivity contribution >= 4 is 17.6 Å². The highest BCUT2D eigenvalue weighted by molar-refractivity contribution is 5.96. The van der Waals surface area contributed by atoms with Crippen LogP contribution in [0.5, 0.6) is 11.5 Å². The monoisotopic (exact) mass is 348 g/mol.